The monoisotopic (exact) mass is 396 g/mol. The molecule has 2 aliphatic rings. The third kappa shape index (κ3) is 3.21. The Morgan fingerprint density at radius 3 is 2.64 bits per heavy atom. The average Bonchev–Trinajstić information content (AvgIpc) is 3.43. The van der Waals surface area contributed by atoms with E-state index in [1.165, 1.54) is 0 Å². The predicted molar refractivity (Wildman–Crippen MR) is 109 cm³/mol. The van der Waals surface area contributed by atoms with Crippen molar-refractivity contribution < 1.29 is 5.11 Å². The highest BCUT2D eigenvalue weighted by molar-refractivity contribution is 6.33. The summed E-state index contributed by atoms with van der Waals surface area (Å²) in [6, 6.07) is 11.3. The van der Waals surface area contributed by atoms with Gasteiger partial charge >= 0.3 is 0 Å². The van der Waals surface area contributed by atoms with Gasteiger partial charge in [0.2, 0.25) is 0 Å². The molecule has 0 atom stereocenters. The van der Waals surface area contributed by atoms with Crippen molar-refractivity contribution in [3.8, 4) is 11.4 Å². The molecule has 1 aliphatic heterocycles. The van der Waals surface area contributed by atoms with Crippen LogP contribution in [0.1, 0.15) is 18.5 Å². The molecule has 1 saturated carbocycles. The van der Waals surface area contributed by atoms with Crippen LogP contribution in [0.4, 0.5) is 17.5 Å². The van der Waals surface area contributed by atoms with Gasteiger partial charge in [0.1, 0.15) is 17.2 Å². The molecule has 8 heteroatoms. The number of nitrogens with one attached hydrogen (secondary N) is 2. The van der Waals surface area contributed by atoms with E-state index in [9.17, 15) is 5.11 Å². The van der Waals surface area contributed by atoms with Crippen LogP contribution in [0.2, 0.25) is 5.02 Å². The van der Waals surface area contributed by atoms with E-state index in [-0.39, 0.29) is 0 Å². The minimum Gasteiger partial charge on any atom is -0.386 e. The summed E-state index contributed by atoms with van der Waals surface area (Å²) in [4.78, 5) is 11.5. The highest BCUT2D eigenvalue weighted by Crippen LogP contribution is 2.45. The summed E-state index contributed by atoms with van der Waals surface area (Å²) in [5, 5.41) is 21.6. The van der Waals surface area contributed by atoms with Crippen molar-refractivity contribution in [1.82, 2.24) is 20.2 Å². The molecule has 1 aromatic carbocycles. The number of β-amino-alcohol motifs (C(OH)–C–C–N with tert-alkyl or cyclic N) is 1. The third-order valence-corrected chi connectivity index (χ3v) is 5.71. The fourth-order valence-electron chi connectivity index (χ4n) is 3.69. The molecule has 5 rings (SSSR count). The smallest absolute Gasteiger partial charge is 0.165 e. The third-order valence-electron chi connectivity index (χ3n) is 5.38. The maximum Gasteiger partial charge on any atom is 0.165 e. The van der Waals surface area contributed by atoms with Crippen LogP contribution in [0.3, 0.4) is 0 Å². The van der Waals surface area contributed by atoms with E-state index in [4.69, 9.17) is 16.6 Å². The summed E-state index contributed by atoms with van der Waals surface area (Å²) in [5.41, 5.74) is 1.15. The van der Waals surface area contributed by atoms with E-state index in [2.05, 4.69) is 25.4 Å². The van der Waals surface area contributed by atoms with Crippen molar-refractivity contribution in [2.45, 2.75) is 25.4 Å². The molecule has 1 aliphatic carbocycles. The molecule has 0 unspecified atom stereocenters. The van der Waals surface area contributed by atoms with Crippen molar-refractivity contribution in [2.24, 2.45) is 5.92 Å². The molecule has 1 saturated heterocycles. The van der Waals surface area contributed by atoms with Crippen LogP contribution in [0.25, 0.3) is 11.4 Å². The number of aromatic amines is 1. The second-order valence-electron chi connectivity index (χ2n) is 7.71. The lowest BCUT2D eigenvalue weighted by molar-refractivity contribution is -0.00973. The highest BCUT2D eigenvalue weighted by Gasteiger charge is 2.52. The fourth-order valence-corrected chi connectivity index (χ4v) is 3.91. The van der Waals surface area contributed by atoms with Crippen LogP contribution in [0.15, 0.2) is 36.4 Å². The number of benzene rings is 1. The van der Waals surface area contributed by atoms with Gasteiger partial charge in [0.25, 0.3) is 0 Å². The minimum atomic E-state index is -0.581. The van der Waals surface area contributed by atoms with Gasteiger partial charge in [-0.05, 0) is 37.8 Å². The van der Waals surface area contributed by atoms with Crippen LogP contribution in [-0.4, -0.2) is 44.0 Å². The quantitative estimate of drug-likeness (QED) is 0.611. The summed E-state index contributed by atoms with van der Waals surface area (Å²) >= 11 is 6.38. The first-order valence-electron chi connectivity index (χ1n) is 9.40. The Morgan fingerprint density at radius 1 is 1.18 bits per heavy atom. The van der Waals surface area contributed by atoms with Crippen LogP contribution in [0, 0.1) is 12.8 Å². The van der Waals surface area contributed by atoms with E-state index in [0.717, 1.165) is 29.9 Å². The van der Waals surface area contributed by atoms with Crippen LogP contribution >= 0.6 is 11.6 Å². The minimum absolute atomic E-state index is 0.429. The number of aromatic nitrogens is 4. The van der Waals surface area contributed by atoms with Crippen LogP contribution < -0.4 is 10.2 Å². The van der Waals surface area contributed by atoms with Crippen LogP contribution in [0.5, 0.6) is 0 Å². The molecule has 2 fully saturated rings. The van der Waals surface area contributed by atoms with Crippen molar-refractivity contribution in [2.75, 3.05) is 23.3 Å². The standard InChI is InChI=1S/C20H21ClN6O/c1-12-8-17(26-25-12)22-16-9-18(27-10-20(28,11-27)13-6-7-13)24-19(23-16)14-4-2-3-5-15(14)21/h2-5,8-9,13,28H,6-7,10-11H2,1H3,(H2,22,23,24,25,26). The molecule has 3 N–H and O–H groups in total. The van der Waals surface area contributed by atoms with Crippen molar-refractivity contribution in [3.05, 3.63) is 47.1 Å². The first-order valence-corrected chi connectivity index (χ1v) is 9.78. The lowest BCUT2D eigenvalue weighted by Gasteiger charge is -2.47. The number of H-pyrrole nitrogens is 1. The van der Waals surface area contributed by atoms with Crippen LogP contribution in [-0.2, 0) is 0 Å². The van der Waals surface area contributed by atoms with Crippen molar-refractivity contribution in [1.29, 1.82) is 0 Å². The Bertz CT molecular complexity index is 1030. The second kappa shape index (κ2) is 6.46. The number of rotatable bonds is 5. The van der Waals surface area contributed by atoms with Gasteiger partial charge in [0, 0.05) is 23.4 Å². The average molecular weight is 397 g/mol. The van der Waals surface area contributed by atoms with Gasteiger partial charge in [0.05, 0.1) is 18.1 Å². The highest BCUT2D eigenvalue weighted by atomic mass is 35.5. The van der Waals surface area contributed by atoms with Gasteiger partial charge in [-0.25, -0.2) is 9.97 Å². The molecule has 3 heterocycles. The molecule has 28 heavy (non-hydrogen) atoms. The number of aliphatic hydroxyl groups is 1. The molecule has 0 spiro atoms. The number of hydrogen-bond acceptors (Lipinski definition) is 6. The molecular formula is C20H21ClN6O. The Morgan fingerprint density at radius 2 is 1.96 bits per heavy atom. The number of aryl methyl sites for hydroxylation is 1. The summed E-state index contributed by atoms with van der Waals surface area (Å²) in [6.45, 7) is 3.13. The second-order valence-corrected chi connectivity index (χ2v) is 8.12. The summed E-state index contributed by atoms with van der Waals surface area (Å²) in [7, 11) is 0. The van der Waals surface area contributed by atoms with Gasteiger partial charge in [-0.15, -0.1) is 0 Å². The zero-order valence-corrected chi connectivity index (χ0v) is 16.2. The molecular weight excluding hydrogens is 376 g/mol. The summed E-state index contributed by atoms with van der Waals surface area (Å²) in [5.74, 6) is 3.06. The zero-order valence-electron chi connectivity index (χ0n) is 15.5. The number of hydrogen-bond donors (Lipinski definition) is 3. The molecule has 7 nitrogen and oxygen atoms in total. The Labute approximate surface area is 167 Å². The largest absolute Gasteiger partial charge is 0.386 e. The molecule has 2 aromatic heterocycles. The Balaban J connectivity index is 1.49. The fraction of sp³-hybridized carbons (Fsp3) is 0.350. The Kier molecular flexibility index (Phi) is 4.03. The maximum atomic E-state index is 10.7. The predicted octanol–water partition coefficient (Wildman–Crippen LogP) is 3.53. The number of nitrogens with zero attached hydrogens (tertiary/aromatic N) is 4. The van der Waals surface area contributed by atoms with Gasteiger partial charge < -0.3 is 15.3 Å². The molecule has 3 aromatic rings. The molecule has 0 amide bonds. The maximum absolute atomic E-state index is 10.7. The van der Waals surface area contributed by atoms with Crippen molar-refractivity contribution in [3.63, 3.8) is 0 Å². The molecule has 144 valence electrons. The van der Waals surface area contributed by atoms with Gasteiger partial charge in [-0.3, -0.25) is 5.10 Å². The summed E-state index contributed by atoms with van der Waals surface area (Å²) in [6.07, 6.45) is 2.23. The normalized spacial score (nSPS) is 18.0. The van der Waals surface area contributed by atoms with Gasteiger partial charge in [0.15, 0.2) is 11.6 Å². The first kappa shape index (κ1) is 17.5. The van der Waals surface area contributed by atoms with Gasteiger partial charge in [-0.1, -0.05) is 23.7 Å². The van der Waals surface area contributed by atoms with Gasteiger partial charge in [-0.2, -0.15) is 5.10 Å². The van der Waals surface area contributed by atoms with Crippen molar-refractivity contribution >= 4 is 29.1 Å². The van der Waals surface area contributed by atoms with E-state index < -0.39 is 5.60 Å². The molecule has 0 bridgehead atoms. The first-order chi connectivity index (χ1) is 13.5. The Hall–Kier alpha value is -2.64. The number of anilines is 3. The molecule has 0 radical (unpaired) electrons. The topological polar surface area (TPSA) is 90.0 Å². The SMILES string of the molecule is Cc1cc(Nc2cc(N3CC(O)(C4CC4)C3)nc(-c3ccccc3Cl)n2)n[nH]1. The van der Waals surface area contributed by atoms with E-state index in [0.29, 0.717) is 41.5 Å². The zero-order chi connectivity index (χ0) is 19.3. The lowest BCUT2D eigenvalue weighted by atomic mass is 9.89. The van der Waals surface area contributed by atoms with E-state index in [1.54, 1.807) is 0 Å². The van der Waals surface area contributed by atoms with E-state index >= 15 is 0 Å². The number of halogens is 1. The lowest BCUT2D eigenvalue weighted by Crippen LogP contribution is -2.63. The summed E-state index contributed by atoms with van der Waals surface area (Å²) < 4.78 is 0. The van der Waals surface area contributed by atoms with E-state index in [1.807, 2.05) is 43.3 Å².